The van der Waals surface area contributed by atoms with Gasteiger partial charge < -0.3 is 11.1 Å². The van der Waals surface area contributed by atoms with E-state index in [1.807, 2.05) is 37.3 Å². The summed E-state index contributed by atoms with van der Waals surface area (Å²) in [6.45, 7) is 2.48. The highest BCUT2D eigenvalue weighted by atomic mass is 35.5. The molecule has 1 rings (SSSR count). The van der Waals surface area contributed by atoms with E-state index in [1.54, 1.807) is 0 Å². The Labute approximate surface area is 90.1 Å². The second-order valence-corrected chi connectivity index (χ2v) is 2.78. The molecule has 0 heterocycles. The fraction of sp³-hybridized carbons (Fsp3) is 0.300. The average molecular weight is 215 g/mol. The Kier molecular flexibility index (Phi) is 5.92. The topological polar surface area (TPSA) is 55.1 Å². The van der Waals surface area contributed by atoms with E-state index in [-0.39, 0.29) is 18.3 Å². The highest BCUT2D eigenvalue weighted by Crippen LogP contribution is 2.08. The first-order valence-corrected chi connectivity index (χ1v) is 4.34. The Bertz CT molecular complexity index is 277. The molecule has 1 amide bonds. The minimum Gasteiger partial charge on any atom is -0.355 e. The zero-order chi connectivity index (χ0) is 9.68. The molecule has 0 bridgehead atoms. The number of carbonyl (C=O) groups is 1. The molecule has 0 fully saturated rings. The molecule has 1 aromatic carbocycles. The van der Waals surface area contributed by atoms with Crippen molar-refractivity contribution < 1.29 is 4.79 Å². The number of halogens is 1. The molecule has 0 aromatic heterocycles. The van der Waals surface area contributed by atoms with E-state index in [9.17, 15) is 4.79 Å². The van der Waals surface area contributed by atoms with Crippen LogP contribution in [0.3, 0.4) is 0 Å². The lowest BCUT2D eigenvalue weighted by atomic mass is 10.1. The number of hydrogen-bond acceptors (Lipinski definition) is 2. The fourth-order valence-corrected chi connectivity index (χ4v) is 1.10. The summed E-state index contributed by atoms with van der Waals surface area (Å²) < 4.78 is 0. The van der Waals surface area contributed by atoms with E-state index in [0.717, 1.165) is 5.56 Å². The van der Waals surface area contributed by atoms with E-state index in [2.05, 4.69) is 5.32 Å². The predicted molar refractivity (Wildman–Crippen MR) is 59.3 cm³/mol. The van der Waals surface area contributed by atoms with Crippen molar-refractivity contribution in [3.63, 3.8) is 0 Å². The van der Waals surface area contributed by atoms with Crippen LogP contribution in [0.2, 0.25) is 0 Å². The van der Waals surface area contributed by atoms with Crippen molar-refractivity contribution in [1.29, 1.82) is 0 Å². The van der Waals surface area contributed by atoms with E-state index in [0.29, 0.717) is 6.54 Å². The molecule has 4 heteroatoms. The van der Waals surface area contributed by atoms with Crippen molar-refractivity contribution >= 4 is 18.3 Å². The summed E-state index contributed by atoms with van der Waals surface area (Å²) in [6.07, 6.45) is 0. The van der Waals surface area contributed by atoms with Crippen LogP contribution in [0.5, 0.6) is 0 Å². The van der Waals surface area contributed by atoms with Crippen LogP contribution < -0.4 is 11.1 Å². The molecule has 3 N–H and O–H groups in total. The van der Waals surface area contributed by atoms with Gasteiger partial charge in [-0.25, -0.2) is 0 Å². The van der Waals surface area contributed by atoms with E-state index >= 15 is 0 Å². The number of amides is 1. The third kappa shape index (κ3) is 3.36. The van der Waals surface area contributed by atoms with Crippen LogP contribution in [0.1, 0.15) is 18.5 Å². The molecule has 0 aliphatic heterocycles. The van der Waals surface area contributed by atoms with Gasteiger partial charge in [0, 0.05) is 6.54 Å². The van der Waals surface area contributed by atoms with Gasteiger partial charge in [-0.05, 0) is 12.5 Å². The molecular formula is C10H15ClN2O. The van der Waals surface area contributed by atoms with Gasteiger partial charge in [-0.1, -0.05) is 30.3 Å². The summed E-state index contributed by atoms with van der Waals surface area (Å²) in [4.78, 5) is 11.3. The van der Waals surface area contributed by atoms with E-state index < -0.39 is 6.04 Å². The number of likely N-dealkylation sites (N-methyl/N-ethyl adjacent to an activating group) is 1. The Morgan fingerprint density at radius 2 is 2.00 bits per heavy atom. The molecule has 78 valence electrons. The first kappa shape index (κ1) is 12.9. The minimum atomic E-state index is -0.554. The Hall–Kier alpha value is -1.06. The molecule has 0 spiro atoms. The summed E-state index contributed by atoms with van der Waals surface area (Å²) in [7, 11) is 0. The van der Waals surface area contributed by atoms with Crippen molar-refractivity contribution in [1.82, 2.24) is 5.32 Å². The van der Waals surface area contributed by atoms with Crippen LogP contribution in [0, 0.1) is 0 Å². The summed E-state index contributed by atoms with van der Waals surface area (Å²) in [5, 5.41) is 2.68. The van der Waals surface area contributed by atoms with Gasteiger partial charge in [-0.15, -0.1) is 12.4 Å². The molecule has 14 heavy (non-hydrogen) atoms. The van der Waals surface area contributed by atoms with Crippen molar-refractivity contribution in [3.8, 4) is 0 Å². The summed E-state index contributed by atoms with van der Waals surface area (Å²) in [5.74, 6) is -0.131. The lowest BCUT2D eigenvalue weighted by Crippen LogP contribution is -2.33. The molecule has 1 atom stereocenters. The molecule has 1 unspecified atom stereocenters. The molecule has 0 aliphatic carbocycles. The van der Waals surface area contributed by atoms with Gasteiger partial charge in [-0.2, -0.15) is 0 Å². The average Bonchev–Trinajstić information content (AvgIpc) is 2.18. The third-order valence-electron chi connectivity index (χ3n) is 1.79. The maximum Gasteiger partial charge on any atom is 0.241 e. The van der Waals surface area contributed by atoms with Gasteiger partial charge in [0.15, 0.2) is 0 Å². The number of rotatable bonds is 3. The van der Waals surface area contributed by atoms with Gasteiger partial charge >= 0.3 is 0 Å². The first-order valence-electron chi connectivity index (χ1n) is 4.34. The lowest BCUT2D eigenvalue weighted by Gasteiger charge is -2.10. The summed E-state index contributed by atoms with van der Waals surface area (Å²) in [6, 6.07) is 8.78. The molecule has 0 saturated heterocycles. The van der Waals surface area contributed by atoms with Crippen molar-refractivity contribution in [2.45, 2.75) is 13.0 Å². The zero-order valence-corrected chi connectivity index (χ0v) is 8.88. The number of nitrogens with one attached hydrogen (secondary N) is 1. The summed E-state index contributed by atoms with van der Waals surface area (Å²) in [5.41, 5.74) is 6.55. The maximum absolute atomic E-state index is 11.3. The quantitative estimate of drug-likeness (QED) is 0.796. The second kappa shape index (κ2) is 6.40. The standard InChI is InChI=1S/C10H14N2O.ClH/c1-2-12-10(13)9(11)8-6-4-3-5-7-8;/h3-7,9H,2,11H2,1H3,(H,12,13);1H. The normalized spacial score (nSPS) is 11.3. The van der Waals surface area contributed by atoms with Crippen LogP contribution >= 0.6 is 12.4 Å². The van der Waals surface area contributed by atoms with Gasteiger partial charge in [0.05, 0.1) is 0 Å². The third-order valence-corrected chi connectivity index (χ3v) is 1.79. The van der Waals surface area contributed by atoms with Crippen LogP contribution in [0.4, 0.5) is 0 Å². The smallest absolute Gasteiger partial charge is 0.241 e. The molecule has 0 aliphatic rings. The molecule has 0 radical (unpaired) electrons. The molecule has 3 nitrogen and oxygen atoms in total. The number of nitrogens with two attached hydrogens (primary N) is 1. The SMILES string of the molecule is CCNC(=O)C(N)c1ccccc1.Cl. The minimum absolute atomic E-state index is 0. The Morgan fingerprint density at radius 3 is 2.50 bits per heavy atom. The van der Waals surface area contributed by atoms with Crippen LogP contribution in [-0.4, -0.2) is 12.5 Å². The number of carbonyl (C=O) groups excluding carboxylic acids is 1. The molecule has 1 aromatic rings. The van der Waals surface area contributed by atoms with Gasteiger partial charge in [0.1, 0.15) is 6.04 Å². The molecule has 0 saturated carbocycles. The highest BCUT2D eigenvalue weighted by Gasteiger charge is 2.13. The van der Waals surface area contributed by atoms with Crippen LogP contribution in [-0.2, 0) is 4.79 Å². The van der Waals surface area contributed by atoms with E-state index in [1.165, 1.54) is 0 Å². The second-order valence-electron chi connectivity index (χ2n) is 2.78. The maximum atomic E-state index is 11.3. The van der Waals surface area contributed by atoms with Crippen LogP contribution in [0.15, 0.2) is 30.3 Å². The van der Waals surface area contributed by atoms with E-state index in [4.69, 9.17) is 5.73 Å². The molecular weight excluding hydrogens is 200 g/mol. The monoisotopic (exact) mass is 214 g/mol. The van der Waals surface area contributed by atoms with Crippen molar-refractivity contribution in [2.24, 2.45) is 5.73 Å². The number of benzene rings is 1. The highest BCUT2D eigenvalue weighted by molar-refractivity contribution is 5.85. The zero-order valence-electron chi connectivity index (χ0n) is 8.07. The largest absolute Gasteiger partial charge is 0.355 e. The Morgan fingerprint density at radius 1 is 1.43 bits per heavy atom. The Balaban J connectivity index is 0.00000169. The summed E-state index contributed by atoms with van der Waals surface area (Å²) >= 11 is 0. The number of hydrogen-bond donors (Lipinski definition) is 2. The predicted octanol–water partition coefficient (Wildman–Crippen LogP) is 1.24. The first-order chi connectivity index (χ1) is 6.25. The van der Waals surface area contributed by atoms with Crippen LogP contribution in [0.25, 0.3) is 0 Å². The van der Waals surface area contributed by atoms with Gasteiger partial charge in [-0.3, -0.25) is 4.79 Å². The lowest BCUT2D eigenvalue weighted by molar-refractivity contribution is -0.122. The van der Waals surface area contributed by atoms with Gasteiger partial charge in [0.25, 0.3) is 0 Å². The fourth-order valence-electron chi connectivity index (χ4n) is 1.10. The van der Waals surface area contributed by atoms with Crippen molar-refractivity contribution in [3.05, 3.63) is 35.9 Å². The van der Waals surface area contributed by atoms with Crippen molar-refractivity contribution in [2.75, 3.05) is 6.54 Å². The van der Waals surface area contributed by atoms with Gasteiger partial charge in [0.2, 0.25) is 5.91 Å².